The van der Waals surface area contributed by atoms with Gasteiger partial charge in [-0.1, -0.05) is 17.7 Å². The number of nitrogens with one attached hydrogen (secondary N) is 2. The van der Waals surface area contributed by atoms with Gasteiger partial charge in [-0.15, -0.1) is 0 Å². The van der Waals surface area contributed by atoms with Gasteiger partial charge in [-0.3, -0.25) is 9.59 Å². The molecule has 3 aromatic rings. The van der Waals surface area contributed by atoms with Gasteiger partial charge in [-0.2, -0.15) is 0 Å². The number of carbonyl (C=O) groups is 1. The molecule has 0 radical (unpaired) electrons. The molecule has 0 spiro atoms. The highest BCUT2D eigenvalue weighted by atomic mass is 19.1. The Hall–Kier alpha value is -3.21. The summed E-state index contributed by atoms with van der Waals surface area (Å²) < 4.78 is 13.0. The van der Waals surface area contributed by atoms with Crippen molar-refractivity contribution in [3.63, 3.8) is 0 Å². The van der Waals surface area contributed by atoms with Crippen molar-refractivity contribution in [2.24, 2.45) is 0 Å². The summed E-state index contributed by atoms with van der Waals surface area (Å²) in [4.78, 5) is 27.1. The summed E-state index contributed by atoms with van der Waals surface area (Å²) >= 11 is 0. The largest absolute Gasteiger partial charge is 0.322 e. The second-order valence-electron chi connectivity index (χ2n) is 5.44. The molecular weight excluding hydrogens is 307 g/mol. The first-order valence-corrected chi connectivity index (χ1v) is 7.40. The molecule has 1 heterocycles. The van der Waals surface area contributed by atoms with Gasteiger partial charge in [-0.25, -0.2) is 4.39 Å². The number of hydrogen-bond donors (Lipinski definition) is 2. The number of benzene rings is 2. The first-order valence-electron chi connectivity index (χ1n) is 7.40. The van der Waals surface area contributed by atoms with Crippen LogP contribution in [-0.4, -0.2) is 10.9 Å². The lowest BCUT2D eigenvalue weighted by Crippen LogP contribution is -2.23. The van der Waals surface area contributed by atoms with Crippen LogP contribution in [0.2, 0.25) is 0 Å². The highest BCUT2D eigenvalue weighted by molar-refractivity contribution is 6.04. The van der Waals surface area contributed by atoms with E-state index in [2.05, 4.69) is 10.3 Å². The van der Waals surface area contributed by atoms with E-state index in [0.29, 0.717) is 16.9 Å². The van der Waals surface area contributed by atoms with Crippen LogP contribution in [0.25, 0.3) is 11.3 Å². The third kappa shape index (κ3) is 3.41. The van der Waals surface area contributed by atoms with Gasteiger partial charge in [0.05, 0.1) is 0 Å². The van der Waals surface area contributed by atoms with Crippen LogP contribution in [0.3, 0.4) is 0 Å². The zero-order valence-corrected chi connectivity index (χ0v) is 13.0. The smallest absolute Gasteiger partial charge is 0.261 e. The molecule has 24 heavy (non-hydrogen) atoms. The van der Waals surface area contributed by atoms with Crippen LogP contribution in [0.4, 0.5) is 10.1 Å². The lowest BCUT2D eigenvalue weighted by atomic mass is 10.1. The van der Waals surface area contributed by atoms with Crippen molar-refractivity contribution in [1.82, 2.24) is 4.98 Å². The van der Waals surface area contributed by atoms with Gasteiger partial charge in [-0.05, 0) is 61.0 Å². The molecule has 1 aromatic heterocycles. The van der Waals surface area contributed by atoms with Crippen LogP contribution < -0.4 is 10.9 Å². The Labute approximate surface area is 138 Å². The Morgan fingerprint density at radius 1 is 0.958 bits per heavy atom. The number of hydrogen-bond acceptors (Lipinski definition) is 2. The maximum Gasteiger partial charge on any atom is 0.261 e. The summed E-state index contributed by atoms with van der Waals surface area (Å²) in [5.74, 6) is -0.832. The molecular formula is C19H15FN2O2. The van der Waals surface area contributed by atoms with Gasteiger partial charge >= 0.3 is 0 Å². The van der Waals surface area contributed by atoms with Gasteiger partial charge in [0.1, 0.15) is 11.4 Å². The van der Waals surface area contributed by atoms with Gasteiger partial charge in [0.25, 0.3) is 11.5 Å². The minimum atomic E-state index is -0.499. The molecule has 0 unspecified atom stereocenters. The number of amides is 1. The highest BCUT2D eigenvalue weighted by Gasteiger charge is 2.12. The molecule has 4 nitrogen and oxygen atoms in total. The number of H-pyrrole nitrogens is 1. The number of aryl methyl sites for hydroxylation is 1. The van der Waals surface area contributed by atoms with Crippen LogP contribution >= 0.6 is 0 Å². The van der Waals surface area contributed by atoms with Crippen LogP contribution in [0.15, 0.2) is 65.5 Å². The van der Waals surface area contributed by atoms with E-state index < -0.39 is 11.5 Å². The van der Waals surface area contributed by atoms with Gasteiger partial charge in [0.2, 0.25) is 0 Å². The Morgan fingerprint density at radius 2 is 1.62 bits per heavy atom. The molecule has 0 saturated carbocycles. The first-order chi connectivity index (χ1) is 11.5. The zero-order chi connectivity index (χ0) is 17.1. The van der Waals surface area contributed by atoms with E-state index >= 15 is 0 Å². The third-order valence-corrected chi connectivity index (χ3v) is 3.62. The van der Waals surface area contributed by atoms with Gasteiger partial charge < -0.3 is 10.3 Å². The fraction of sp³-hybridized carbons (Fsp3) is 0.0526. The van der Waals surface area contributed by atoms with Crippen LogP contribution in [0.5, 0.6) is 0 Å². The SMILES string of the molecule is Cc1ccc(NC(=O)c2ccc(-c3ccc(F)cc3)[nH]c2=O)cc1. The number of halogens is 1. The molecule has 2 N–H and O–H groups in total. The summed E-state index contributed by atoms with van der Waals surface area (Å²) in [6.45, 7) is 1.95. The minimum absolute atomic E-state index is 0.0152. The van der Waals surface area contributed by atoms with E-state index in [9.17, 15) is 14.0 Å². The molecule has 0 aliphatic heterocycles. The summed E-state index contributed by atoms with van der Waals surface area (Å²) in [5.41, 5.74) is 2.40. The minimum Gasteiger partial charge on any atom is -0.322 e. The van der Waals surface area contributed by atoms with Crippen molar-refractivity contribution >= 4 is 11.6 Å². The van der Waals surface area contributed by atoms with Crippen molar-refractivity contribution in [2.75, 3.05) is 5.32 Å². The maximum atomic E-state index is 13.0. The number of aromatic amines is 1. The lowest BCUT2D eigenvalue weighted by Gasteiger charge is -2.06. The average molecular weight is 322 g/mol. The first kappa shape index (κ1) is 15.7. The Kier molecular flexibility index (Phi) is 4.24. The molecule has 0 bridgehead atoms. The molecule has 1 amide bonds. The fourth-order valence-electron chi connectivity index (χ4n) is 2.29. The maximum absolute atomic E-state index is 13.0. The number of aromatic nitrogens is 1. The molecule has 5 heteroatoms. The predicted molar refractivity (Wildman–Crippen MR) is 91.6 cm³/mol. The van der Waals surface area contributed by atoms with Gasteiger partial charge in [0, 0.05) is 11.4 Å². The molecule has 3 rings (SSSR count). The van der Waals surface area contributed by atoms with Crippen molar-refractivity contribution in [1.29, 1.82) is 0 Å². The summed E-state index contributed by atoms with van der Waals surface area (Å²) in [6.07, 6.45) is 0. The monoisotopic (exact) mass is 322 g/mol. The van der Waals surface area contributed by atoms with E-state index in [-0.39, 0.29) is 11.4 Å². The topological polar surface area (TPSA) is 62.0 Å². The third-order valence-electron chi connectivity index (χ3n) is 3.62. The lowest BCUT2D eigenvalue weighted by molar-refractivity contribution is 0.102. The summed E-state index contributed by atoms with van der Waals surface area (Å²) in [7, 11) is 0. The van der Waals surface area contributed by atoms with E-state index in [0.717, 1.165) is 5.56 Å². The summed E-state index contributed by atoms with van der Waals surface area (Å²) in [5, 5.41) is 2.68. The highest BCUT2D eigenvalue weighted by Crippen LogP contribution is 2.16. The molecule has 0 aliphatic carbocycles. The molecule has 120 valence electrons. The van der Waals surface area contributed by atoms with Gasteiger partial charge in [0.15, 0.2) is 0 Å². The molecule has 2 aromatic carbocycles. The van der Waals surface area contributed by atoms with E-state index in [1.165, 1.54) is 18.2 Å². The molecule has 0 aliphatic rings. The number of rotatable bonds is 3. The van der Waals surface area contributed by atoms with E-state index in [4.69, 9.17) is 0 Å². The zero-order valence-electron chi connectivity index (χ0n) is 13.0. The molecule has 0 atom stereocenters. The second kappa shape index (κ2) is 6.50. The Bertz CT molecular complexity index is 929. The molecule has 0 fully saturated rings. The Morgan fingerprint density at radius 3 is 2.25 bits per heavy atom. The van der Waals surface area contributed by atoms with Crippen molar-refractivity contribution < 1.29 is 9.18 Å². The van der Waals surface area contributed by atoms with Crippen LogP contribution in [-0.2, 0) is 0 Å². The van der Waals surface area contributed by atoms with Crippen molar-refractivity contribution in [3.05, 3.63) is 88.0 Å². The van der Waals surface area contributed by atoms with Crippen LogP contribution in [0.1, 0.15) is 15.9 Å². The van der Waals surface area contributed by atoms with E-state index in [1.54, 1.807) is 30.3 Å². The van der Waals surface area contributed by atoms with Crippen LogP contribution in [0, 0.1) is 12.7 Å². The van der Waals surface area contributed by atoms with Crippen molar-refractivity contribution in [2.45, 2.75) is 6.92 Å². The standard InChI is InChI=1S/C19H15FN2O2/c1-12-2-8-15(9-3-12)21-18(23)16-10-11-17(22-19(16)24)13-4-6-14(20)7-5-13/h2-11H,1H3,(H,21,23)(H,22,24). The number of pyridine rings is 1. The van der Waals surface area contributed by atoms with E-state index in [1.807, 2.05) is 19.1 Å². The fourth-order valence-corrected chi connectivity index (χ4v) is 2.29. The number of carbonyl (C=O) groups excluding carboxylic acids is 1. The number of anilines is 1. The average Bonchev–Trinajstić information content (AvgIpc) is 2.57. The van der Waals surface area contributed by atoms with Crippen molar-refractivity contribution in [3.8, 4) is 11.3 Å². The predicted octanol–water partition coefficient (Wildman–Crippen LogP) is 3.74. The Balaban J connectivity index is 1.84. The summed E-state index contributed by atoms with van der Waals surface area (Å²) in [6, 6.07) is 16.1. The quantitative estimate of drug-likeness (QED) is 0.771. The normalized spacial score (nSPS) is 10.4. The second-order valence-corrected chi connectivity index (χ2v) is 5.44. The molecule has 0 saturated heterocycles.